The number of rotatable bonds is 6. The number of hydrogen-bond acceptors (Lipinski definition) is 2. The van der Waals surface area contributed by atoms with Gasteiger partial charge in [-0.1, -0.05) is 36.8 Å². The Hall–Kier alpha value is -1.35. The molecule has 112 valence electrons. The monoisotopic (exact) mass is 276 g/mol. The highest BCUT2D eigenvalue weighted by Gasteiger charge is 2.14. The predicted molar refractivity (Wildman–Crippen MR) is 84.7 cm³/mol. The van der Waals surface area contributed by atoms with Crippen molar-refractivity contribution in [3.05, 3.63) is 35.4 Å². The summed E-state index contributed by atoms with van der Waals surface area (Å²) in [7, 11) is 0. The van der Waals surface area contributed by atoms with Crippen LogP contribution in [-0.4, -0.2) is 18.0 Å². The molecule has 0 radical (unpaired) electrons. The molecule has 1 rings (SSSR count). The molecule has 20 heavy (non-hydrogen) atoms. The highest BCUT2D eigenvalue weighted by molar-refractivity contribution is 5.76. The van der Waals surface area contributed by atoms with Gasteiger partial charge in [-0.25, -0.2) is 0 Å². The van der Waals surface area contributed by atoms with Gasteiger partial charge in [-0.3, -0.25) is 4.79 Å². The second-order valence-corrected chi connectivity index (χ2v) is 6.37. The predicted octanol–water partition coefficient (Wildman–Crippen LogP) is 3.34. The molecule has 2 N–H and O–H groups in total. The third kappa shape index (κ3) is 6.20. The van der Waals surface area contributed by atoms with Gasteiger partial charge in [0.25, 0.3) is 0 Å². The van der Waals surface area contributed by atoms with E-state index in [9.17, 15) is 4.79 Å². The molecule has 3 nitrogen and oxygen atoms in total. The first-order chi connectivity index (χ1) is 9.31. The van der Waals surface area contributed by atoms with Gasteiger partial charge < -0.3 is 10.6 Å². The van der Waals surface area contributed by atoms with Crippen molar-refractivity contribution in [2.24, 2.45) is 0 Å². The maximum Gasteiger partial charge on any atom is 0.221 e. The summed E-state index contributed by atoms with van der Waals surface area (Å²) in [6, 6.07) is 8.90. The maximum atomic E-state index is 11.8. The van der Waals surface area contributed by atoms with Crippen molar-refractivity contribution >= 4 is 5.91 Å². The van der Waals surface area contributed by atoms with Crippen LogP contribution in [0.15, 0.2) is 24.3 Å². The molecule has 0 bridgehead atoms. The molecule has 0 spiro atoms. The maximum absolute atomic E-state index is 11.8. The van der Waals surface area contributed by atoms with Crippen LogP contribution in [0.4, 0.5) is 0 Å². The van der Waals surface area contributed by atoms with Gasteiger partial charge in [-0.2, -0.15) is 0 Å². The van der Waals surface area contributed by atoms with E-state index < -0.39 is 0 Å². The molecule has 0 saturated carbocycles. The summed E-state index contributed by atoms with van der Waals surface area (Å²) < 4.78 is 0. The third-order valence-corrected chi connectivity index (χ3v) is 3.15. The number of benzene rings is 1. The first-order valence-electron chi connectivity index (χ1n) is 7.43. The smallest absolute Gasteiger partial charge is 0.221 e. The molecule has 1 amide bonds. The molecular formula is C17H28N2O. The lowest BCUT2D eigenvalue weighted by Gasteiger charge is -2.21. The molecule has 0 saturated heterocycles. The highest BCUT2D eigenvalue weighted by atomic mass is 16.1. The fourth-order valence-electron chi connectivity index (χ4n) is 2.14. The fraction of sp³-hybridized carbons (Fsp3) is 0.588. The normalized spacial score (nSPS) is 13.1. The largest absolute Gasteiger partial charge is 0.351 e. The minimum atomic E-state index is -0.155. The molecule has 1 atom stereocenters. The van der Waals surface area contributed by atoms with Crippen molar-refractivity contribution in [3.8, 4) is 0 Å². The summed E-state index contributed by atoms with van der Waals surface area (Å²) in [6.07, 6.45) is 1.53. The number of amides is 1. The minimum Gasteiger partial charge on any atom is -0.351 e. The molecule has 3 heteroatoms. The van der Waals surface area contributed by atoms with Gasteiger partial charge in [-0.15, -0.1) is 0 Å². The summed E-state index contributed by atoms with van der Waals surface area (Å²) in [5, 5.41) is 6.44. The van der Waals surface area contributed by atoms with Crippen molar-refractivity contribution in [1.29, 1.82) is 0 Å². The van der Waals surface area contributed by atoms with Crippen LogP contribution < -0.4 is 10.6 Å². The SMILES string of the molecule is CCC(NCCC(=O)NC(C)(C)C)c1ccc(C)cc1. The number of nitrogens with one attached hydrogen (secondary N) is 2. The van der Waals surface area contributed by atoms with E-state index in [2.05, 4.69) is 48.7 Å². The van der Waals surface area contributed by atoms with E-state index in [1.165, 1.54) is 11.1 Å². The average Bonchev–Trinajstić information content (AvgIpc) is 2.34. The molecule has 1 unspecified atom stereocenters. The lowest BCUT2D eigenvalue weighted by atomic mass is 10.0. The van der Waals surface area contributed by atoms with Crippen LogP contribution in [0.25, 0.3) is 0 Å². The minimum absolute atomic E-state index is 0.101. The average molecular weight is 276 g/mol. The quantitative estimate of drug-likeness (QED) is 0.836. The van der Waals surface area contributed by atoms with E-state index in [4.69, 9.17) is 0 Å². The summed E-state index contributed by atoms with van der Waals surface area (Å²) in [4.78, 5) is 11.8. The second-order valence-electron chi connectivity index (χ2n) is 6.37. The summed E-state index contributed by atoms with van der Waals surface area (Å²) in [6.45, 7) is 11.0. The Bertz CT molecular complexity index is 418. The van der Waals surface area contributed by atoms with Crippen molar-refractivity contribution in [2.45, 2.75) is 59.0 Å². The Labute approximate surface area is 123 Å². The van der Waals surface area contributed by atoms with E-state index in [1.807, 2.05) is 20.8 Å². The zero-order chi connectivity index (χ0) is 15.2. The number of carbonyl (C=O) groups is 1. The lowest BCUT2D eigenvalue weighted by molar-refractivity contribution is -0.122. The molecule has 0 aliphatic carbocycles. The molecule has 1 aromatic rings. The number of carbonyl (C=O) groups excluding carboxylic acids is 1. The molecule has 0 aliphatic heterocycles. The Kier molecular flexibility index (Phi) is 6.21. The molecular weight excluding hydrogens is 248 g/mol. The molecule has 0 aliphatic rings. The van der Waals surface area contributed by atoms with Gasteiger partial charge in [0.2, 0.25) is 5.91 Å². The molecule has 0 fully saturated rings. The van der Waals surface area contributed by atoms with Crippen molar-refractivity contribution in [1.82, 2.24) is 10.6 Å². The van der Waals surface area contributed by atoms with Gasteiger partial charge in [-0.05, 0) is 39.7 Å². The summed E-state index contributed by atoms with van der Waals surface area (Å²) >= 11 is 0. The van der Waals surface area contributed by atoms with Crippen LogP contribution in [0.2, 0.25) is 0 Å². The van der Waals surface area contributed by atoms with Crippen LogP contribution in [0.3, 0.4) is 0 Å². The van der Waals surface area contributed by atoms with Crippen molar-refractivity contribution in [2.75, 3.05) is 6.54 Å². The summed E-state index contributed by atoms with van der Waals surface area (Å²) in [5.74, 6) is 0.101. The van der Waals surface area contributed by atoms with Gasteiger partial charge >= 0.3 is 0 Å². The van der Waals surface area contributed by atoms with Crippen LogP contribution in [0, 0.1) is 6.92 Å². The standard InChI is InChI=1S/C17H28N2O/c1-6-15(14-9-7-13(2)8-10-14)18-12-11-16(20)19-17(3,4)5/h7-10,15,18H,6,11-12H2,1-5H3,(H,19,20). The Morgan fingerprint density at radius 2 is 1.80 bits per heavy atom. The lowest BCUT2D eigenvalue weighted by Crippen LogP contribution is -2.41. The topological polar surface area (TPSA) is 41.1 Å². The zero-order valence-electron chi connectivity index (χ0n) is 13.4. The van der Waals surface area contributed by atoms with Crippen molar-refractivity contribution in [3.63, 3.8) is 0 Å². The Balaban J connectivity index is 2.42. The van der Waals surface area contributed by atoms with Crippen LogP contribution >= 0.6 is 0 Å². The number of aryl methyl sites for hydroxylation is 1. The number of hydrogen-bond donors (Lipinski definition) is 2. The molecule has 0 aromatic heterocycles. The van der Waals surface area contributed by atoms with E-state index in [1.54, 1.807) is 0 Å². The highest BCUT2D eigenvalue weighted by Crippen LogP contribution is 2.16. The summed E-state index contributed by atoms with van der Waals surface area (Å²) in [5.41, 5.74) is 2.40. The van der Waals surface area contributed by atoms with E-state index in [-0.39, 0.29) is 11.4 Å². The zero-order valence-corrected chi connectivity index (χ0v) is 13.4. The first kappa shape index (κ1) is 16.7. The van der Waals surface area contributed by atoms with E-state index in [0.29, 0.717) is 19.0 Å². The van der Waals surface area contributed by atoms with Gasteiger partial charge in [0, 0.05) is 24.5 Å². The third-order valence-electron chi connectivity index (χ3n) is 3.15. The molecule has 0 heterocycles. The van der Waals surface area contributed by atoms with Crippen LogP contribution in [0.5, 0.6) is 0 Å². The van der Waals surface area contributed by atoms with Gasteiger partial charge in [0.1, 0.15) is 0 Å². The van der Waals surface area contributed by atoms with E-state index in [0.717, 1.165) is 6.42 Å². The van der Waals surface area contributed by atoms with Gasteiger partial charge in [0.05, 0.1) is 0 Å². The first-order valence-corrected chi connectivity index (χ1v) is 7.43. The Morgan fingerprint density at radius 3 is 2.30 bits per heavy atom. The van der Waals surface area contributed by atoms with Crippen LogP contribution in [-0.2, 0) is 4.79 Å². The second kappa shape index (κ2) is 7.44. The van der Waals surface area contributed by atoms with E-state index >= 15 is 0 Å². The van der Waals surface area contributed by atoms with Crippen molar-refractivity contribution < 1.29 is 4.79 Å². The fourth-order valence-corrected chi connectivity index (χ4v) is 2.14. The van der Waals surface area contributed by atoms with Gasteiger partial charge in [0.15, 0.2) is 0 Å². The van der Waals surface area contributed by atoms with Crippen LogP contribution in [0.1, 0.15) is 57.7 Å². The molecule has 1 aromatic carbocycles. The Morgan fingerprint density at radius 1 is 1.20 bits per heavy atom.